The van der Waals surface area contributed by atoms with Crippen LogP contribution >= 0.6 is 15.9 Å². The van der Waals surface area contributed by atoms with Crippen molar-refractivity contribution in [3.63, 3.8) is 0 Å². The number of aromatic nitrogens is 3. The van der Waals surface area contributed by atoms with Crippen LogP contribution in [0.4, 0.5) is 0 Å². The summed E-state index contributed by atoms with van der Waals surface area (Å²) in [5, 5.41) is 0. The van der Waals surface area contributed by atoms with E-state index in [1.165, 1.54) is 5.56 Å². The van der Waals surface area contributed by atoms with E-state index in [2.05, 4.69) is 43.5 Å². The smallest absolute Gasteiger partial charge is 0.108 e. The fourth-order valence-electron chi connectivity index (χ4n) is 1.67. The maximum absolute atomic E-state index is 4.36. The van der Waals surface area contributed by atoms with Crippen molar-refractivity contribution in [1.82, 2.24) is 14.5 Å². The average molecular weight is 280 g/mol. The Labute approximate surface area is 104 Å². The molecule has 0 aliphatic rings. The van der Waals surface area contributed by atoms with Crippen LogP contribution in [0.5, 0.6) is 0 Å². The molecule has 0 spiro atoms. The molecule has 0 saturated carbocycles. The normalized spacial score (nSPS) is 10.6. The lowest BCUT2D eigenvalue weighted by Crippen LogP contribution is -2.04. The lowest BCUT2D eigenvalue weighted by molar-refractivity contribution is 0.703. The van der Waals surface area contributed by atoms with Crippen LogP contribution in [0.1, 0.15) is 24.7 Å². The van der Waals surface area contributed by atoms with Gasteiger partial charge in [-0.15, -0.1) is 0 Å². The number of pyridine rings is 1. The van der Waals surface area contributed by atoms with Crippen LogP contribution in [0.3, 0.4) is 0 Å². The first kappa shape index (κ1) is 11.3. The zero-order valence-electron chi connectivity index (χ0n) is 9.23. The minimum Gasteiger partial charge on any atom is -0.330 e. The van der Waals surface area contributed by atoms with Crippen LogP contribution in [-0.4, -0.2) is 14.5 Å². The van der Waals surface area contributed by atoms with Gasteiger partial charge < -0.3 is 4.57 Å². The fraction of sp³-hybridized carbons (Fsp3) is 0.333. The third-order valence-corrected chi connectivity index (χ3v) is 2.82. The molecule has 0 amide bonds. The quantitative estimate of drug-likeness (QED) is 0.861. The van der Waals surface area contributed by atoms with Crippen LogP contribution in [0.15, 0.2) is 35.3 Å². The summed E-state index contributed by atoms with van der Waals surface area (Å²) in [7, 11) is 0. The Hall–Kier alpha value is -1.16. The molecule has 4 heteroatoms. The second-order valence-electron chi connectivity index (χ2n) is 3.73. The molecule has 2 aromatic heterocycles. The van der Waals surface area contributed by atoms with E-state index < -0.39 is 0 Å². The van der Waals surface area contributed by atoms with Crippen LogP contribution in [0.2, 0.25) is 0 Å². The van der Waals surface area contributed by atoms with Gasteiger partial charge in [0.25, 0.3) is 0 Å². The molecule has 84 valence electrons. The van der Waals surface area contributed by atoms with Crippen molar-refractivity contribution < 1.29 is 0 Å². The Morgan fingerprint density at radius 3 is 3.00 bits per heavy atom. The van der Waals surface area contributed by atoms with Gasteiger partial charge in [-0.25, -0.2) is 4.98 Å². The topological polar surface area (TPSA) is 30.7 Å². The zero-order valence-corrected chi connectivity index (χ0v) is 10.8. The predicted molar refractivity (Wildman–Crippen MR) is 67.3 cm³/mol. The highest BCUT2D eigenvalue weighted by Gasteiger charge is 2.02. The molecule has 0 bridgehead atoms. The van der Waals surface area contributed by atoms with Gasteiger partial charge in [0.05, 0.1) is 6.54 Å². The van der Waals surface area contributed by atoms with Gasteiger partial charge in [0.1, 0.15) is 5.82 Å². The highest BCUT2D eigenvalue weighted by Crippen LogP contribution is 2.12. The number of rotatable bonds is 4. The van der Waals surface area contributed by atoms with E-state index in [4.69, 9.17) is 0 Å². The van der Waals surface area contributed by atoms with E-state index in [9.17, 15) is 0 Å². The Balaban J connectivity index is 2.17. The van der Waals surface area contributed by atoms with Gasteiger partial charge in [0.2, 0.25) is 0 Å². The maximum Gasteiger partial charge on any atom is 0.108 e. The zero-order chi connectivity index (χ0) is 11.4. The van der Waals surface area contributed by atoms with Crippen molar-refractivity contribution in [3.05, 3.63) is 46.7 Å². The average Bonchev–Trinajstić information content (AvgIpc) is 2.66. The first-order valence-corrected chi connectivity index (χ1v) is 6.18. The maximum atomic E-state index is 4.36. The standard InChI is InChI=1S/C12H14BrN3/c1-2-3-12-15-4-5-16(12)9-10-6-11(13)8-14-7-10/h4-8H,2-3,9H2,1H3. The SMILES string of the molecule is CCCc1nccn1Cc1cncc(Br)c1. The van der Waals surface area contributed by atoms with E-state index in [0.717, 1.165) is 29.7 Å². The molecular weight excluding hydrogens is 266 g/mol. The molecule has 0 N–H and O–H groups in total. The molecule has 2 heterocycles. The molecule has 0 saturated heterocycles. The summed E-state index contributed by atoms with van der Waals surface area (Å²) in [6.07, 6.45) is 9.70. The first-order valence-electron chi connectivity index (χ1n) is 5.39. The van der Waals surface area contributed by atoms with Crippen LogP contribution in [0.25, 0.3) is 0 Å². The minimum atomic E-state index is 0.835. The minimum absolute atomic E-state index is 0.835. The van der Waals surface area contributed by atoms with Crippen LogP contribution < -0.4 is 0 Å². The van der Waals surface area contributed by atoms with Gasteiger partial charge in [-0.05, 0) is 34.0 Å². The predicted octanol–water partition coefficient (Wildman–Crippen LogP) is 3.04. The molecule has 2 rings (SSSR count). The summed E-state index contributed by atoms with van der Waals surface area (Å²) in [5.74, 6) is 1.14. The van der Waals surface area contributed by atoms with Crippen LogP contribution in [-0.2, 0) is 13.0 Å². The second kappa shape index (κ2) is 5.25. The van der Waals surface area contributed by atoms with E-state index in [1.54, 1.807) is 6.20 Å². The molecule has 0 atom stereocenters. The molecule has 0 aliphatic heterocycles. The van der Waals surface area contributed by atoms with Crippen LogP contribution in [0, 0.1) is 0 Å². The first-order chi connectivity index (χ1) is 7.79. The largest absolute Gasteiger partial charge is 0.330 e. The van der Waals surface area contributed by atoms with Gasteiger partial charge in [0, 0.05) is 35.7 Å². The highest BCUT2D eigenvalue weighted by molar-refractivity contribution is 9.10. The lowest BCUT2D eigenvalue weighted by atomic mass is 10.2. The van der Waals surface area contributed by atoms with Crippen molar-refractivity contribution >= 4 is 15.9 Å². The van der Waals surface area contributed by atoms with Gasteiger partial charge >= 0.3 is 0 Å². The number of halogens is 1. The Kier molecular flexibility index (Phi) is 3.72. The van der Waals surface area contributed by atoms with Crippen molar-refractivity contribution in [2.24, 2.45) is 0 Å². The van der Waals surface area contributed by atoms with Gasteiger partial charge in [-0.2, -0.15) is 0 Å². The Morgan fingerprint density at radius 1 is 1.38 bits per heavy atom. The molecule has 0 aromatic carbocycles. The number of aryl methyl sites for hydroxylation is 1. The summed E-state index contributed by atoms with van der Waals surface area (Å²) < 4.78 is 3.19. The fourth-order valence-corrected chi connectivity index (χ4v) is 2.09. The van der Waals surface area contributed by atoms with Crippen molar-refractivity contribution in [2.75, 3.05) is 0 Å². The number of nitrogens with zero attached hydrogens (tertiary/aromatic N) is 3. The molecular formula is C12H14BrN3. The molecule has 2 aromatic rings. The molecule has 3 nitrogen and oxygen atoms in total. The summed E-state index contributed by atoms with van der Waals surface area (Å²) in [6, 6.07) is 2.09. The molecule has 16 heavy (non-hydrogen) atoms. The van der Waals surface area contributed by atoms with E-state index in [1.807, 2.05) is 18.6 Å². The van der Waals surface area contributed by atoms with E-state index >= 15 is 0 Å². The summed E-state index contributed by atoms with van der Waals surface area (Å²) in [6.45, 7) is 3.00. The third kappa shape index (κ3) is 2.70. The van der Waals surface area contributed by atoms with E-state index in [0.29, 0.717) is 0 Å². The summed E-state index contributed by atoms with van der Waals surface area (Å²) >= 11 is 3.43. The number of hydrogen-bond acceptors (Lipinski definition) is 2. The molecule has 0 unspecified atom stereocenters. The number of imidazole rings is 1. The Bertz CT molecular complexity index is 465. The summed E-state index contributed by atoms with van der Waals surface area (Å²) in [4.78, 5) is 8.52. The second-order valence-corrected chi connectivity index (χ2v) is 4.65. The van der Waals surface area contributed by atoms with Crippen molar-refractivity contribution in [1.29, 1.82) is 0 Å². The van der Waals surface area contributed by atoms with Crippen molar-refractivity contribution in [3.8, 4) is 0 Å². The third-order valence-electron chi connectivity index (χ3n) is 2.39. The molecule has 0 fully saturated rings. The van der Waals surface area contributed by atoms with Gasteiger partial charge in [-0.3, -0.25) is 4.98 Å². The van der Waals surface area contributed by atoms with Crippen molar-refractivity contribution in [2.45, 2.75) is 26.3 Å². The Morgan fingerprint density at radius 2 is 2.25 bits per heavy atom. The summed E-state index contributed by atoms with van der Waals surface area (Å²) in [5.41, 5.74) is 1.18. The molecule has 0 radical (unpaired) electrons. The lowest BCUT2D eigenvalue weighted by Gasteiger charge is -2.07. The van der Waals surface area contributed by atoms with Gasteiger partial charge in [0.15, 0.2) is 0 Å². The monoisotopic (exact) mass is 279 g/mol. The van der Waals surface area contributed by atoms with E-state index in [-0.39, 0.29) is 0 Å². The van der Waals surface area contributed by atoms with Gasteiger partial charge in [-0.1, -0.05) is 6.92 Å². The number of hydrogen-bond donors (Lipinski definition) is 0. The molecule has 0 aliphatic carbocycles. The highest BCUT2D eigenvalue weighted by atomic mass is 79.9.